The number of fused-ring (bicyclic) bond motifs is 1. The maximum absolute atomic E-state index is 13.8. The van der Waals surface area contributed by atoms with Crippen molar-refractivity contribution in [1.82, 2.24) is 15.1 Å². The third kappa shape index (κ3) is 4.30. The Morgan fingerprint density at radius 2 is 1.88 bits per heavy atom. The number of nitrogens with one attached hydrogen (secondary N) is 1. The van der Waals surface area contributed by atoms with Gasteiger partial charge in [0.1, 0.15) is 18.4 Å². The predicted octanol–water partition coefficient (Wildman–Crippen LogP) is 2.83. The number of nitrogens with zero attached hydrogens (tertiary/aromatic N) is 4. The van der Waals surface area contributed by atoms with Crippen molar-refractivity contribution in [2.45, 2.75) is 51.1 Å². The van der Waals surface area contributed by atoms with Crippen LogP contribution < -0.4 is 10.2 Å². The number of amides is 2. The van der Waals surface area contributed by atoms with E-state index in [4.69, 9.17) is 4.74 Å². The van der Waals surface area contributed by atoms with Crippen molar-refractivity contribution < 1.29 is 14.3 Å². The van der Waals surface area contributed by atoms with Crippen molar-refractivity contribution in [2.75, 3.05) is 37.7 Å². The second kappa shape index (κ2) is 10.0. The molecule has 0 spiro atoms. The maximum Gasteiger partial charge on any atom is 0.330 e. The highest BCUT2D eigenvalue weighted by molar-refractivity contribution is 5.97. The van der Waals surface area contributed by atoms with Crippen LogP contribution in [-0.4, -0.2) is 66.7 Å². The Hall–Kier alpha value is -3.05. The van der Waals surface area contributed by atoms with Crippen molar-refractivity contribution >= 4 is 17.7 Å². The van der Waals surface area contributed by atoms with Crippen LogP contribution >= 0.6 is 0 Å². The summed E-state index contributed by atoms with van der Waals surface area (Å²) in [7, 11) is 0. The van der Waals surface area contributed by atoms with Crippen LogP contribution in [0.1, 0.15) is 39.0 Å². The first-order chi connectivity index (χ1) is 15.7. The van der Waals surface area contributed by atoms with Crippen molar-refractivity contribution in [3.05, 3.63) is 41.7 Å². The number of urea groups is 1. The number of hydrogen-bond acceptors (Lipinski definition) is 6. The van der Waals surface area contributed by atoms with Gasteiger partial charge in [-0.2, -0.15) is 5.26 Å². The number of carbonyl (C=O) groups is 2. The van der Waals surface area contributed by atoms with Crippen LogP contribution in [0.2, 0.25) is 0 Å². The fraction of sp³-hybridized carbons (Fsp3) is 0.542. The van der Waals surface area contributed by atoms with Gasteiger partial charge in [0, 0.05) is 12.6 Å². The summed E-state index contributed by atoms with van der Waals surface area (Å²) in [6.07, 6.45) is 5.19. The molecule has 2 saturated heterocycles. The van der Waals surface area contributed by atoms with Crippen molar-refractivity contribution in [1.29, 1.82) is 5.26 Å². The molecule has 2 fully saturated rings. The van der Waals surface area contributed by atoms with E-state index in [9.17, 15) is 14.9 Å². The molecule has 0 aromatic heterocycles. The summed E-state index contributed by atoms with van der Waals surface area (Å²) in [4.78, 5) is 31.8. The van der Waals surface area contributed by atoms with E-state index in [-0.39, 0.29) is 31.3 Å². The molecule has 32 heavy (non-hydrogen) atoms. The molecule has 8 nitrogen and oxygen atoms in total. The van der Waals surface area contributed by atoms with E-state index < -0.39 is 5.97 Å². The van der Waals surface area contributed by atoms with Crippen molar-refractivity contribution in [3.8, 4) is 6.07 Å². The van der Waals surface area contributed by atoms with Gasteiger partial charge in [-0.25, -0.2) is 9.69 Å². The summed E-state index contributed by atoms with van der Waals surface area (Å²) in [5.41, 5.74) is 1.17. The number of nitriles is 1. The van der Waals surface area contributed by atoms with Crippen LogP contribution in [0.5, 0.6) is 0 Å². The monoisotopic (exact) mass is 437 g/mol. The normalized spacial score (nSPS) is 24.1. The number of carbonyl (C=O) groups excluding carboxylic acids is 2. The quantitative estimate of drug-likeness (QED) is 0.689. The molecule has 2 atom stereocenters. The van der Waals surface area contributed by atoms with E-state index in [2.05, 4.69) is 16.3 Å². The van der Waals surface area contributed by atoms with Crippen LogP contribution in [-0.2, 0) is 9.53 Å². The summed E-state index contributed by atoms with van der Waals surface area (Å²) < 4.78 is 5.07. The van der Waals surface area contributed by atoms with Gasteiger partial charge in [0.25, 0.3) is 0 Å². The highest BCUT2D eigenvalue weighted by Crippen LogP contribution is 2.36. The van der Waals surface area contributed by atoms with Crippen LogP contribution in [0.15, 0.2) is 41.7 Å². The zero-order chi connectivity index (χ0) is 22.5. The molecule has 0 saturated carbocycles. The maximum atomic E-state index is 13.8. The molecule has 1 aromatic rings. The molecule has 4 rings (SSSR count). The predicted molar refractivity (Wildman–Crippen MR) is 121 cm³/mol. The fourth-order valence-corrected chi connectivity index (χ4v) is 5.12. The van der Waals surface area contributed by atoms with E-state index in [0.29, 0.717) is 23.6 Å². The van der Waals surface area contributed by atoms with Crippen LogP contribution in [0.3, 0.4) is 0 Å². The highest BCUT2D eigenvalue weighted by Gasteiger charge is 2.46. The number of para-hydroxylation sites is 1. The van der Waals surface area contributed by atoms with Crippen molar-refractivity contribution in [3.63, 3.8) is 0 Å². The van der Waals surface area contributed by atoms with Gasteiger partial charge >= 0.3 is 12.0 Å². The summed E-state index contributed by atoms with van der Waals surface area (Å²) >= 11 is 0. The zero-order valence-corrected chi connectivity index (χ0v) is 18.6. The molecular weight excluding hydrogens is 406 g/mol. The Kier molecular flexibility index (Phi) is 6.96. The second-order valence-electron chi connectivity index (χ2n) is 8.43. The number of rotatable bonds is 6. The molecule has 0 radical (unpaired) electrons. The van der Waals surface area contributed by atoms with Gasteiger partial charge in [0.15, 0.2) is 0 Å². The molecule has 2 unspecified atom stereocenters. The minimum Gasteiger partial charge on any atom is -0.465 e. The van der Waals surface area contributed by atoms with Crippen LogP contribution in [0, 0.1) is 11.3 Å². The Balaban J connectivity index is 1.79. The van der Waals surface area contributed by atoms with Crippen molar-refractivity contribution in [2.24, 2.45) is 0 Å². The number of ether oxygens (including phenoxy) is 1. The minimum absolute atomic E-state index is 0.105. The zero-order valence-electron chi connectivity index (χ0n) is 18.6. The SMILES string of the molecule is CCOC(=O)CNC1=C(C#N)C2C(N3CCCC3)CCCCN2C(=O)N1c1ccccc1. The summed E-state index contributed by atoms with van der Waals surface area (Å²) in [5.74, 6) is -0.0266. The average Bonchev–Trinajstić information content (AvgIpc) is 3.25. The number of likely N-dealkylation sites (tertiary alicyclic amines) is 1. The van der Waals surface area contributed by atoms with E-state index in [1.165, 1.54) is 0 Å². The molecule has 3 aliphatic rings. The molecule has 8 heteroatoms. The standard InChI is InChI=1S/C24H31N5O3/c1-2-32-21(30)17-26-23-19(16-25)22-20(27-13-8-9-14-27)12-6-7-15-28(22)24(31)29(23)18-10-4-3-5-11-18/h3-5,10-11,20,22,26H,2,6-9,12-15,17H2,1H3. The summed E-state index contributed by atoms with van der Waals surface area (Å²) in [6, 6.07) is 11.3. The molecule has 0 bridgehead atoms. The van der Waals surface area contributed by atoms with Gasteiger partial charge in [-0.15, -0.1) is 0 Å². The first-order valence-corrected chi connectivity index (χ1v) is 11.6. The summed E-state index contributed by atoms with van der Waals surface area (Å²) in [6.45, 7) is 4.53. The van der Waals surface area contributed by atoms with E-state index in [1.54, 1.807) is 11.8 Å². The van der Waals surface area contributed by atoms with Crippen LogP contribution in [0.4, 0.5) is 10.5 Å². The Morgan fingerprint density at radius 1 is 1.16 bits per heavy atom. The number of benzene rings is 1. The Bertz CT molecular complexity index is 904. The lowest BCUT2D eigenvalue weighted by molar-refractivity contribution is -0.141. The smallest absolute Gasteiger partial charge is 0.330 e. The molecule has 3 heterocycles. The van der Waals surface area contributed by atoms with E-state index in [1.807, 2.05) is 35.2 Å². The Morgan fingerprint density at radius 3 is 2.56 bits per heavy atom. The molecule has 0 aliphatic carbocycles. The van der Waals surface area contributed by atoms with E-state index >= 15 is 0 Å². The third-order valence-corrected chi connectivity index (χ3v) is 6.51. The first kappa shape index (κ1) is 22.2. The average molecular weight is 438 g/mol. The third-order valence-electron chi connectivity index (χ3n) is 6.51. The number of anilines is 1. The van der Waals surface area contributed by atoms with Gasteiger partial charge in [0.05, 0.1) is 23.9 Å². The molecular formula is C24H31N5O3. The molecule has 170 valence electrons. The van der Waals surface area contributed by atoms with Gasteiger partial charge < -0.3 is 15.0 Å². The lowest BCUT2D eigenvalue weighted by atomic mass is 9.92. The molecule has 3 aliphatic heterocycles. The lowest BCUT2D eigenvalue weighted by Gasteiger charge is -2.46. The Labute approximate surface area is 189 Å². The number of esters is 1. The molecule has 1 N–H and O–H groups in total. The number of hydrogen-bond donors (Lipinski definition) is 1. The highest BCUT2D eigenvalue weighted by atomic mass is 16.5. The second-order valence-corrected chi connectivity index (χ2v) is 8.43. The molecule has 2 amide bonds. The lowest BCUT2D eigenvalue weighted by Crippen LogP contribution is -2.61. The first-order valence-electron chi connectivity index (χ1n) is 11.6. The molecule has 1 aromatic carbocycles. The van der Waals surface area contributed by atoms with Gasteiger partial charge in [-0.1, -0.05) is 24.6 Å². The van der Waals surface area contributed by atoms with Gasteiger partial charge in [0.2, 0.25) is 0 Å². The topological polar surface area (TPSA) is 88.9 Å². The largest absolute Gasteiger partial charge is 0.465 e. The van der Waals surface area contributed by atoms with Gasteiger partial charge in [-0.3, -0.25) is 9.69 Å². The fourth-order valence-electron chi connectivity index (χ4n) is 5.12. The van der Waals surface area contributed by atoms with Crippen LogP contribution in [0.25, 0.3) is 0 Å². The summed E-state index contributed by atoms with van der Waals surface area (Å²) in [5, 5.41) is 13.4. The van der Waals surface area contributed by atoms with Gasteiger partial charge in [-0.05, 0) is 57.8 Å². The minimum atomic E-state index is -0.419. The van der Waals surface area contributed by atoms with E-state index in [0.717, 1.165) is 45.2 Å².